The Kier molecular flexibility index (Phi) is 4.59. The third-order valence-electron chi connectivity index (χ3n) is 4.94. The van der Waals surface area contributed by atoms with Crippen LogP contribution in [0.1, 0.15) is 30.4 Å². The average Bonchev–Trinajstić information content (AvgIpc) is 3.08. The summed E-state index contributed by atoms with van der Waals surface area (Å²) >= 11 is 5.90. The summed E-state index contributed by atoms with van der Waals surface area (Å²) in [6.07, 6.45) is 2.73. The minimum atomic E-state index is -3.72. The van der Waals surface area contributed by atoms with Crippen LogP contribution < -0.4 is 11.1 Å². The minimum Gasteiger partial charge on any atom is -0.383 e. The number of hydrogen-bond acceptors (Lipinski definition) is 7. The van der Waals surface area contributed by atoms with Crippen LogP contribution in [0.3, 0.4) is 0 Å². The van der Waals surface area contributed by atoms with Gasteiger partial charge in [0, 0.05) is 38.3 Å². The third-order valence-corrected chi connectivity index (χ3v) is 7.07. The Labute approximate surface area is 156 Å². The van der Waals surface area contributed by atoms with E-state index in [1.165, 1.54) is 16.6 Å². The maximum Gasteiger partial charge on any atom is 0.246 e. The summed E-state index contributed by atoms with van der Waals surface area (Å²) in [7, 11) is -3.72. The monoisotopic (exact) mass is 397 g/mol. The van der Waals surface area contributed by atoms with Gasteiger partial charge in [-0.1, -0.05) is 11.6 Å². The quantitative estimate of drug-likeness (QED) is 0.777. The van der Waals surface area contributed by atoms with Crippen molar-refractivity contribution in [3.8, 4) is 0 Å². The first-order valence-corrected chi connectivity index (χ1v) is 10.3. The van der Waals surface area contributed by atoms with E-state index in [0.717, 1.165) is 31.3 Å². The standard InChI is InChI=1S/C15H20ClN7O2S/c16-11-7-12(14(17)19-8-11)26(24,25)22-4-1-10(2-5-22)15-21-20-13-9-18-3-6-23(13)15/h7-8,10,18H,1-6,9H2,(H2,17,19). The van der Waals surface area contributed by atoms with E-state index in [0.29, 0.717) is 25.9 Å². The second kappa shape index (κ2) is 6.76. The maximum absolute atomic E-state index is 12.9. The number of anilines is 1. The zero-order chi connectivity index (χ0) is 18.3. The number of nitrogen functional groups attached to an aromatic ring is 1. The van der Waals surface area contributed by atoms with Gasteiger partial charge in [-0.3, -0.25) is 0 Å². The molecule has 2 aliphatic heterocycles. The molecule has 1 saturated heterocycles. The van der Waals surface area contributed by atoms with E-state index < -0.39 is 10.0 Å². The van der Waals surface area contributed by atoms with Crippen molar-refractivity contribution in [2.24, 2.45) is 0 Å². The van der Waals surface area contributed by atoms with E-state index in [2.05, 4.69) is 25.1 Å². The van der Waals surface area contributed by atoms with Crippen LogP contribution >= 0.6 is 11.6 Å². The van der Waals surface area contributed by atoms with Gasteiger partial charge in [0.1, 0.15) is 22.4 Å². The highest BCUT2D eigenvalue weighted by Gasteiger charge is 2.34. The lowest BCUT2D eigenvalue weighted by molar-refractivity contribution is 0.307. The number of nitrogens with one attached hydrogen (secondary N) is 1. The van der Waals surface area contributed by atoms with Crippen molar-refractivity contribution in [1.29, 1.82) is 0 Å². The fourth-order valence-corrected chi connectivity index (χ4v) is 5.33. The number of piperidine rings is 1. The Bertz CT molecular complexity index is 922. The number of pyridine rings is 1. The first-order valence-electron chi connectivity index (χ1n) is 8.50. The lowest BCUT2D eigenvalue weighted by Crippen LogP contribution is -2.39. The molecule has 0 unspecified atom stereocenters. The van der Waals surface area contributed by atoms with Crippen LogP contribution in [0.15, 0.2) is 17.2 Å². The van der Waals surface area contributed by atoms with Crippen molar-refractivity contribution in [1.82, 2.24) is 29.4 Å². The van der Waals surface area contributed by atoms with Crippen LogP contribution in [-0.2, 0) is 23.1 Å². The lowest BCUT2D eigenvalue weighted by Gasteiger charge is -2.31. The molecule has 1 fully saturated rings. The molecule has 0 aliphatic carbocycles. The largest absolute Gasteiger partial charge is 0.383 e. The smallest absolute Gasteiger partial charge is 0.246 e. The molecule has 2 aliphatic rings. The van der Waals surface area contributed by atoms with Gasteiger partial charge in [0.2, 0.25) is 10.0 Å². The van der Waals surface area contributed by atoms with Crippen molar-refractivity contribution in [2.45, 2.75) is 36.7 Å². The van der Waals surface area contributed by atoms with Gasteiger partial charge in [-0.15, -0.1) is 10.2 Å². The maximum atomic E-state index is 12.9. The Morgan fingerprint density at radius 3 is 2.77 bits per heavy atom. The van der Waals surface area contributed by atoms with Crippen molar-refractivity contribution >= 4 is 27.4 Å². The Balaban J connectivity index is 1.51. The van der Waals surface area contributed by atoms with Gasteiger partial charge >= 0.3 is 0 Å². The first-order chi connectivity index (χ1) is 12.5. The normalized spacial score (nSPS) is 19.4. The van der Waals surface area contributed by atoms with Crippen LogP contribution in [0, 0.1) is 0 Å². The summed E-state index contributed by atoms with van der Waals surface area (Å²) < 4.78 is 29.4. The molecule has 0 amide bonds. The van der Waals surface area contributed by atoms with Crippen molar-refractivity contribution in [3.63, 3.8) is 0 Å². The number of nitrogens with zero attached hydrogens (tertiary/aromatic N) is 5. The molecule has 4 heterocycles. The van der Waals surface area contributed by atoms with E-state index in [1.807, 2.05) is 0 Å². The molecule has 3 N–H and O–H groups in total. The topological polar surface area (TPSA) is 119 Å². The fourth-order valence-electron chi connectivity index (χ4n) is 3.55. The molecule has 2 aromatic rings. The third kappa shape index (κ3) is 3.07. The molecule has 0 radical (unpaired) electrons. The van der Waals surface area contributed by atoms with Gasteiger partial charge in [-0.25, -0.2) is 13.4 Å². The Hall–Kier alpha value is -1.75. The molecular weight excluding hydrogens is 378 g/mol. The van der Waals surface area contributed by atoms with E-state index in [1.54, 1.807) is 0 Å². The van der Waals surface area contributed by atoms with Gasteiger partial charge in [0.05, 0.1) is 11.6 Å². The van der Waals surface area contributed by atoms with E-state index in [9.17, 15) is 8.42 Å². The van der Waals surface area contributed by atoms with Crippen LogP contribution in [0.5, 0.6) is 0 Å². The molecule has 0 bridgehead atoms. The van der Waals surface area contributed by atoms with Crippen molar-refractivity contribution in [2.75, 3.05) is 25.4 Å². The number of halogens is 1. The Morgan fingerprint density at radius 1 is 1.23 bits per heavy atom. The molecule has 26 heavy (non-hydrogen) atoms. The molecule has 140 valence electrons. The van der Waals surface area contributed by atoms with Crippen molar-refractivity contribution in [3.05, 3.63) is 28.9 Å². The number of nitrogens with two attached hydrogens (primary N) is 1. The minimum absolute atomic E-state index is 0.0319. The molecule has 0 atom stereocenters. The highest BCUT2D eigenvalue weighted by Crippen LogP contribution is 2.32. The zero-order valence-corrected chi connectivity index (χ0v) is 15.7. The molecule has 4 rings (SSSR count). The highest BCUT2D eigenvalue weighted by atomic mass is 35.5. The molecule has 11 heteroatoms. The molecule has 2 aromatic heterocycles. The second-order valence-corrected chi connectivity index (χ2v) is 8.86. The Morgan fingerprint density at radius 2 is 2.00 bits per heavy atom. The molecule has 0 saturated carbocycles. The molecule has 9 nitrogen and oxygen atoms in total. The molecule has 0 aromatic carbocycles. The number of hydrogen-bond donors (Lipinski definition) is 2. The molecular formula is C15H20ClN7O2S. The van der Waals surface area contributed by atoms with Crippen molar-refractivity contribution < 1.29 is 8.42 Å². The fraction of sp³-hybridized carbons (Fsp3) is 0.533. The predicted molar refractivity (Wildman–Crippen MR) is 96.1 cm³/mol. The second-order valence-electron chi connectivity index (χ2n) is 6.52. The van der Waals surface area contributed by atoms with Gasteiger partial charge in [0.15, 0.2) is 0 Å². The van der Waals surface area contributed by atoms with Crippen LogP contribution in [-0.4, -0.2) is 52.1 Å². The van der Waals surface area contributed by atoms with E-state index in [-0.39, 0.29) is 21.7 Å². The average molecular weight is 398 g/mol. The lowest BCUT2D eigenvalue weighted by atomic mass is 9.97. The van der Waals surface area contributed by atoms with Crippen LogP contribution in [0.25, 0.3) is 0 Å². The summed E-state index contributed by atoms with van der Waals surface area (Å²) in [6.45, 7) is 3.27. The SMILES string of the molecule is Nc1ncc(Cl)cc1S(=O)(=O)N1CCC(c2nnc3n2CCNC3)CC1. The van der Waals surface area contributed by atoms with Gasteiger partial charge < -0.3 is 15.6 Å². The summed E-state index contributed by atoms with van der Waals surface area (Å²) in [5.41, 5.74) is 5.76. The zero-order valence-electron chi connectivity index (χ0n) is 14.1. The first kappa shape index (κ1) is 17.7. The van der Waals surface area contributed by atoms with E-state index >= 15 is 0 Å². The van der Waals surface area contributed by atoms with Crippen LogP contribution in [0.4, 0.5) is 5.82 Å². The number of aromatic nitrogens is 4. The predicted octanol–water partition coefficient (Wildman–Crippen LogP) is 0.580. The van der Waals surface area contributed by atoms with Gasteiger partial charge in [0.25, 0.3) is 0 Å². The summed E-state index contributed by atoms with van der Waals surface area (Å²) in [6, 6.07) is 1.35. The van der Waals surface area contributed by atoms with Gasteiger partial charge in [-0.2, -0.15) is 4.31 Å². The number of rotatable bonds is 3. The molecule has 0 spiro atoms. The summed E-state index contributed by atoms with van der Waals surface area (Å²) in [4.78, 5) is 3.82. The van der Waals surface area contributed by atoms with E-state index in [4.69, 9.17) is 17.3 Å². The van der Waals surface area contributed by atoms with Gasteiger partial charge in [-0.05, 0) is 18.9 Å². The summed E-state index contributed by atoms with van der Waals surface area (Å²) in [5, 5.41) is 12.1. The highest BCUT2D eigenvalue weighted by molar-refractivity contribution is 7.89. The van der Waals surface area contributed by atoms with Crippen LogP contribution in [0.2, 0.25) is 5.02 Å². The summed E-state index contributed by atoms with van der Waals surface area (Å²) in [5.74, 6) is 2.08. The number of fused-ring (bicyclic) bond motifs is 1. The number of sulfonamides is 1.